The van der Waals surface area contributed by atoms with Crippen molar-refractivity contribution in [3.8, 4) is 0 Å². The van der Waals surface area contributed by atoms with Gasteiger partial charge in [-0.2, -0.15) is 0 Å². The zero-order valence-electron chi connectivity index (χ0n) is 10.2. The molecule has 3 nitrogen and oxygen atoms in total. The highest BCUT2D eigenvalue weighted by Crippen LogP contribution is 2.23. The van der Waals surface area contributed by atoms with Crippen LogP contribution in [0.5, 0.6) is 0 Å². The molecule has 2 aromatic rings. The molecule has 0 spiro atoms. The number of rotatable bonds is 4. The van der Waals surface area contributed by atoms with Crippen LogP contribution < -0.4 is 11.1 Å². The Bertz CT molecular complexity index is 514. The van der Waals surface area contributed by atoms with E-state index in [4.69, 9.17) is 5.73 Å². The van der Waals surface area contributed by atoms with Gasteiger partial charge >= 0.3 is 0 Å². The van der Waals surface area contributed by atoms with Gasteiger partial charge in [0.05, 0.1) is 4.47 Å². The number of aromatic nitrogens is 1. The van der Waals surface area contributed by atoms with Crippen molar-refractivity contribution in [2.45, 2.75) is 13.0 Å². The first-order valence-electron chi connectivity index (χ1n) is 5.84. The van der Waals surface area contributed by atoms with Gasteiger partial charge in [-0.3, -0.25) is 0 Å². The molecule has 0 saturated heterocycles. The molecule has 18 heavy (non-hydrogen) atoms. The zero-order chi connectivity index (χ0) is 13.0. The molecule has 94 valence electrons. The van der Waals surface area contributed by atoms with E-state index in [0.29, 0.717) is 6.54 Å². The maximum atomic E-state index is 6.13. The van der Waals surface area contributed by atoms with E-state index < -0.39 is 0 Å². The Labute approximate surface area is 116 Å². The van der Waals surface area contributed by atoms with Crippen LogP contribution in [0.1, 0.15) is 17.2 Å². The van der Waals surface area contributed by atoms with Crippen LogP contribution in [0.15, 0.2) is 47.1 Å². The number of aryl methyl sites for hydroxylation is 1. The Morgan fingerprint density at radius 3 is 2.72 bits per heavy atom. The first-order valence-corrected chi connectivity index (χ1v) is 6.63. The van der Waals surface area contributed by atoms with Gasteiger partial charge in [-0.1, -0.05) is 30.3 Å². The second-order valence-electron chi connectivity index (χ2n) is 4.19. The van der Waals surface area contributed by atoms with E-state index in [1.165, 1.54) is 0 Å². The molecule has 4 heteroatoms. The molecule has 0 aliphatic rings. The van der Waals surface area contributed by atoms with Crippen LogP contribution >= 0.6 is 15.9 Å². The van der Waals surface area contributed by atoms with Crippen molar-refractivity contribution in [2.75, 3.05) is 11.9 Å². The van der Waals surface area contributed by atoms with Crippen molar-refractivity contribution >= 4 is 21.7 Å². The molecule has 1 aromatic carbocycles. The number of halogens is 1. The third-order valence-electron chi connectivity index (χ3n) is 2.80. The monoisotopic (exact) mass is 305 g/mol. The number of hydrogen-bond acceptors (Lipinski definition) is 3. The summed E-state index contributed by atoms with van der Waals surface area (Å²) >= 11 is 3.52. The van der Waals surface area contributed by atoms with Gasteiger partial charge in [0.2, 0.25) is 0 Å². The molecule has 0 amide bonds. The quantitative estimate of drug-likeness (QED) is 0.911. The zero-order valence-corrected chi connectivity index (χ0v) is 11.8. The third kappa shape index (κ3) is 3.09. The van der Waals surface area contributed by atoms with Crippen molar-refractivity contribution in [3.63, 3.8) is 0 Å². The fraction of sp³-hybridized carbons (Fsp3) is 0.214. The van der Waals surface area contributed by atoms with Gasteiger partial charge in [0.25, 0.3) is 0 Å². The number of pyridine rings is 1. The van der Waals surface area contributed by atoms with Gasteiger partial charge in [-0.15, -0.1) is 0 Å². The Hall–Kier alpha value is -1.39. The second-order valence-corrected chi connectivity index (χ2v) is 4.98. The third-order valence-corrected chi connectivity index (χ3v) is 3.80. The summed E-state index contributed by atoms with van der Waals surface area (Å²) in [4.78, 5) is 4.29. The minimum absolute atomic E-state index is 0.0413. The largest absolute Gasteiger partial charge is 0.367 e. The van der Waals surface area contributed by atoms with E-state index in [-0.39, 0.29) is 6.04 Å². The van der Waals surface area contributed by atoms with Crippen molar-refractivity contribution < 1.29 is 0 Å². The van der Waals surface area contributed by atoms with Crippen LogP contribution in [0.4, 0.5) is 5.82 Å². The molecule has 3 N–H and O–H groups in total. The van der Waals surface area contributed by atoms with E-state index in [9.17, 15) is 0 Å². The lowest BCUT2D eigenvalue weighted by Gasteiger charge is -2.14. The van der Waals surface area contributed by atoms with Crippen molar-refractivity contribution in [1.82, 2.24) is 4.98 Å². The average molecular weight is 306 g/mol. The van der Waals surface area contributed by atoms with Crippen LogP contribution in [0.3, 0.4) is 0 Å². The molecular weight excluding hydrogens is 290 g/mol. The topological polar surface area (TPSA) is 50.9 Å². The Morgan fingerprint density at radius 2 is 2.00 bits per heavy atom. The molecule has 1 unspecified atom stereocenters. The molecular formula is C14H16BrN3. The van der Waals surface area contributed by atoms with E-state index in [0.717, 1.165) is 21.4 Å². The van der Waals surface area contributed by atoms with Crippen LogP contribution in [-0.2, 0) is 0 Å². The molecule has 0 aliphatic carbocycles. The number of nitrogens with one attached hydrogen (secondary N) is 1. The summed E-state index contributed by atoms with van der Waals surface area (Å²) in [6.45, 7) is 2.69. The van der Waals surface area contributed by atoms with Gasteiger partial charge in [0, 0.05) is 18.8 Å². The summed E-state index contributed by atoms with van der Waals surface area (Å²) < 4.78 is 0.991. The normalized spacial score (nSPS) is 12.2. The fourth-order valence-electron chi connectivity index (χ4n) is 1.69. The van der Waals surface area contributed by atoms with Crippen molar-refractivity contribution in [3.05, 3.63) is 58.2 Å². The van der Waals surface area contributed by atoms with Gasteiger partial charge in [0.15, 0.2) is 0 Å². The summed E-state index contributed by atoms with van der Waals surface area (Å²) in [5, 5.41) is 3.27. The van der Waals surface area contributed by atoms with Gasteiger partial charge in [-0.05, 0) is 40.0 Å². The molecule has 0 aliphatic heterocycles. The molecule has 1 atom stereocenters. The molecule has 0 fully saturated rings. The predicted molar refractivity (Wildman–Crippen MR) is 78.5 cm³/mol. The summed E-state index contributed by atoms with van der Waals surface area (Å²) in [6, 6.07) is 12.0. The Kier molecular flexibility index (Phi) is 4.33. The Morgan fingerprint density at radius 1 is 1.28 bits per heavy atom. The van der Waals surface area contributed by atoms with E-state index in [2.05, 4.69) is 26.2 Å². The van der Waals surface area contributed by atoms with Crippen molar-refractivity contribution in [1.29, 1.82) is 0 Å². The van der Waals surface area contributed by atoms with Crippen LogP contribution in [0.25, 0.3) is 0 Å². The highest BCUT2D eigenvalue weighted by atomic mass is 79.9. The number of benzene rings is 1. The maximum Gasteiger partial charge on any atom is 0.140 e. The summed E-state index contributed by atoms with van der Waals surface area (Å²) in [5.74, 6) is 0.835. The molecule has 2 rings (SSSR count). The lowest BCUT2D eigenvalue weighted by atomic mass is 10.1. The number of nitrogens with zero attached hydrogens (tertiary/aromatic N) is 1. The molecule has 0 bridgehead atoms. The van der Waals surface area contributed by atoms with Gasteiger partial charge in [-0.25, -0.2) is 4.98 Å². The first kappa shape index (κ1) is 13.1. The molecule has 1 heterocycles. The smallest absolute Gasteiger partial charge is 0.140 e. The first-order chi connectivity index (χ1) is 8.68. The minimum atomic E-state index is -0.0413. The lowest BCUT2D eigenvalue weighted by Crippen LogP contribution is -2.21. The van der Waals surface area contributed by atoms with E-state index in [1.807, 2.05) is 43.3 Å². The standard InChI is InChI=1S/C14H16BrN3/c1-10-7-8-17-14(13(10)15)18-9-12(16)11-5-3-2-4-6-11/h2-8,12H,9,16H2,1H3,(H,17,18). The summed E-state index contributed by atoms with van der Waals surface area (Å²) in [5.41, 5.74) is 8.40. The maximum absolute atomic E-state index is 6.13. The van der Waals surface area contributed by atoms with Crippen LogP contribution in [0, 0.1) is 6.92 Å². The summed E-state index contributed by atoms with van der Waals surface area (Å²) in [7, 11) is 0. The van der Waals surface area contributed by atoms with Crippen molar-refractivity contribution in [2.24, 2.45) is 5.73 Å². The average Bonchev–Trinajstić information content (AvgIpc) is 2.41. The predicted octanol–water partition coefficient (Wildman–Crippen LogP) is 3.26. The second kappa shape index (κ2) is 5.98. The SMILES string of the molecule is Cc1ccnc(NCC(N)c2ccccc2)c1Br. The fourth-order valence-corrected chi connectivity index (χ4v) is 2.06. The van der Waals surface area contributed by atoms with E-state index in [1.54, 1.807) is 6.20 Å². The van der Waals surface area contributed by atoms with Crippen LogP contribution in [-0.4, -0.2) is 11.5 Å². The van der Waals surface area contributed by atoms with Gasteiger partial charge in [0.1, 0.15) is 5.82 Å². The highest BCUT2D eigenvalue weighted by molar-refractivity contribution is 9.10. The number of anilines is 1. The molecule has 0 saturated carbocycles. The molecule has 1 aromatic heterocycles. The summed E-state index contributed by atoms with van der Waals surface area (Å²) in [6.07, 6.45) is 1.79. The molecule has 0 radical (unpaired) electrons. The number of nitrogens with two attached hydrogens (primary N) is 1. The minimum Gasteiger partial charge on any atom is -0.367 e. The Balaban J connectivity index is 2.02. The van der Waals surface area contributed by atoms with Gasteiger partial charge < -0.3 is 11.1 Å². The van der Waals surface area contributed by atoms with Crippen LogP contribution in [0.2, 0.25) is 0 Å². The van der Waals surface area contributed by atoms with E-state index >= 15 is 0 Å². The highest BCUT2D eigenvalue weighted by Gasteiger charge is 2.08. The lowest BCUT2D eigenvalue weighted by molar-refractivity contribution is 0.761. The number of hydrogen-bond donors (Lipinski definition) is 2.